The average molecular weight is 208 g/mol. The zero-order chi connectivity index (χ0) is 9.93. The largest absolute Gasteiger partial charge is 0.313 e. The second-order valence-corrected chi connectivity index (χ2v) is 5.84. The van der Waals surface area contributed by atoms with Gasteiger partial charge in [-0.05, 0) is 19.3 Å². The first-order valence-electron chi connectivity index (χ1n) is 6.29. The summed E-state index contributed by atoms with van der Waals surface area (Å²) in [6.45, 7) is 4.62. The minimum atomic E-state index is 0.328. The van der Waals surface area contributed by atoms with Crippen molar-refractivity contribution < 1.29 is 0 Å². The standard InChI is InChI=1S/C11H20N4/c1-2-10(6-12-4-8(1)15-10)11-3-9(5-14-11)13-7-11/h8-9,12-15H,1-7H2. The number of piperazine rings is 2. The molecule has 0 saturated carbocycles. The van der Waals surface area contributed by atoms with Gasteiger partial charge < -0.3 is 21.3 Å². The molecule has 4 heteroatoms. The fraction of sp³-hybridized carbons (Fsp3) is 1.00. The molecule has 0 aromatic rings. The van der Waals surface area contributed by atoms with Crippen molar-refractivity contribution in [2.24, 2.45) is 0 Å². The quantitative estimate of drug-likeness (QED) is 0.436. The first-order chi connectivity index (χ1) is 7.32. The monoisotopic (exact) mass is 208 g/mol. The second-order valence-electron chi connectivity index (χ2n) is 5.84. The first kappa shape index (κ1) is 8.93. The van der Waals surface area contributed by atoms with Gasteiger partial charge in [-0.15, -0.1) is 0 Å². The van der Waals surface area contributed by atoms with E-state index in [2.05, 4.69) is 21.3 Å². The Labute approximate surface area is 90.6 Å². The van der Waals surface area contributed by atoms with E-state index in [-0.39, 0.29) is 0 Å². The Morgan fingerprint density at radius 3 is 2.73 bits per heavy atom. The highest BCUT2D eigenvalue weighted by atomic mass is 15.3. The summed E-state index contributed by atoms with van der Waals surface area (Å²) in [5, 5.41) is 14.9. The predicted octanol–water partition coefficient (Wildman–Crippen LogP) is -1.22. The Kier molecular flexibility index (Phi) is 1.63. The van der Waals surface area contributed by atoms with E-state index in [1.807, 2.05) is 0 Å². The molecule has 4 N–H and O–H groups in total. The molecule has 4 fully saturated rings. The SMILES string of the molecule is C1NC2(C34CCC(CNC3)N4)CNC1C2. The lowest BCUT2D eigenvalue weighted by atomic mass is 9.75. The van der Waals surface area contributed by atoms with E-state index >= 15 is 0 Å². The van der Waals surface area contributed by atoms with Crippen molar-refractivity contribution in [3.8, 4) is 0 Å². The van der Waals surface area contributed by atoms with Crippen LogP contribution in [0.3, 0.4) is 0 Å². The molecule has 84 valence electrons. The Bertz CT molecular complexity index is 280. The fourth-order valence-electron chi connectivity index (χ4n) is 4.27. The van der Waals surface area contributed by atoms with Gasteiger partial charge in [0.05, 0.1) is 11.1 Å². The van der Waals surface area contributed by atoms with Gasteiger partial charge in [0, 0.05) is 38.3 Å². The van der Waals surface area contributed by atoms with Crippen molar-refractivity contribution in [2.75, 3.05) is 26.2 Å². The summed E-state index contributed by atoms with van der Waals surface area (Å²) < 4.78 is 0. The normalized spacial score (nSPS) is 57.6. The van der Waals surface area contributed by atoms with Crippen LogP contribution in [0.1, 0.15) is 19.3 Å². The summed E-state index contributed by atoms with van der Waals surface area (Å²) in [4.78, 5) is 0. The van der Waals surface area contributed by atoms with E-state index in [0.29, 0.717) is 11.1 Å². The molecule has 4 heterocycles. The van der Waals surface area contributed by atoms with Gasteiger partial charge in [0.25, 0.3) is 0 Å². The van der Waals surface area contributed by atoms with Gasteiger partial charge in [-0.2, -0.15) is 0 Å². The van der Waals surface area contributed by atoms with E-state index in [9.17, 15) is 0 Å². The summed E-state index contributed by atoms with van der Waals surface area (Å²) in [5.74, 6) is 0. The van der Waals surface area contributed by atoms with Crippen LogP contribution >= 0.6 is 0 Å². The zero-order valence-corrected chi connectivity index (χ0v) is 9.10. The van der Waals surface area contributed by atoms with Crippen molar-refractivity contribution in [2.45, 2.75) is 42.4 Å². The third kappa shape index (κ3) is 1.01. The minimum absolute atomic E-state index is 0.328. The van der Waals surface area contributed by atoms with Gasteiger partial charge in [0.15, 0.2) is 0 Å². The molecule has 4 atom stereocenters. The Morgan fingerprint density at radius 2 is 2.00 bits per heavy atom. The molecular formula is C11H20N4. The third-order valence-electron chi connectivity index (χ3n) is 5.11. The maximum Gasteiger partial charge on any atom is 0.0518 e. The van der Waals surface area contributed by atoms with Crippen molar-refractivity contribution in [1.82, 2.24) is 21.3 Å². The maximum absolute atomic E-state index is 3.90. The van der Waals surface area contributed by atoms with Crippen LogP contribution in [0.5, 0.6) is 0 Å². The van der Waals surface area contributed by atoms with Crippen LogP contribution in [0.4, 0.5) is 0 Å². The fourth-order valence-corrected chi connectivity index (χ4v) is 4.27. The lowest BCUT2D eigenvalue weighted by Gasteiger charge is -2.48. The molecule has 0 aliphatic carbocycles. The molecule has 4 aliphatic heterocycles. The lowest BCUT2D eigenvalue weighted by Crippen LogP contribution is -2.74. The smallest absolute Gasteiger partial charge is 0.0518 e. The van der Waals surface area contributed by atoms with Crippen LogP contribution in [0.25, 0.3) is 0 Å². The third-order valence-corrected chi connectivity index (χ3v) is 5.11. The van der Waals surface area contributed by atoms with Gasteiger partial charge in [0.2, 0.25) is 0 Å². The predicted molar refractivity (Wildman–Crippen MR) is 58.9 cm³/mol. The summed E-state index contributed by atoms with van der Waals surface area (Å²) in [5.41, 5.74) is 0.661. The highest BCUT2D eigenvalue weighted by Crippen LogP contribution is 2.42. The van der Waals surface area contributed by atoms with Crippen LogP contribution < -0.4 is 21.3 Å². The highest BCUT2D eigenvalue weighted by Gasteiger charge is 2.60. The van der Waals surface area contributed by atoms with Crippen molar-refractivity contribution in [3.05, 3.63) is 0 Å². The zero-order valence-electron chi connectivity index (χ0n) is 9.10. The molecule has 0 amide bonds. The summed E-state index contributed by atoms with van der Waals surface area (Å²) in [7, 11) is 0. The molecule has 0 spiro atoms. The van der Waals surface area contributed by atoms with Crippen LogP contribution in [0, 0.1) is 0 Å². The Balaban J connectivity index is 1.70. The molecule has 4 unspecified atom stereocenters. The molecule has 4 saturated heterocycles. The van der Waals surface area contributed by atoms with E-state index in [1.54, 1.807) is 0 Å². The van der Waals surface area contributed by atoms with Crippen molar-refractivity contribution in [3.63, 3.8) is 0 Å². The molecule has 15 heavy (non-hydrogen) atoms. The van der Waals surface area contributed by atoms with Gasteiger partial charge >= 0.3 is 0 Å². The molecular weight excluding hydrogens is 188 g/mol. The van der Waals surface area contributed by atoms with Crippen LogP contribution in [0.2, 0.25) is 0 Å². The average Bonchev–Trinajstić information content (AvgIpc) is 2.94. The Morgan fingerprint density at radius 1 is 1.00 bits per heavy atom. The van der Waals surface area contributed by atoms with Gasteiger partial charge in [-0.3, -0.25) is 0 Å². The highest BCUT2D eigenvalue weighted by molar-refractivity contribution is 5.25. The number of hydrogen-bond acceptors (Lipinski definition) is 4. The number of rotatable bonds is 1. The van der Waals surface area contributed by atoms with Crippen molar-refractivity contribution in [1.29, 1.82) is 0 Å². The summed E-state index contributed by atoms with van der Waals surface area (Å²) >= 11 is 0. The molecule has 4 bridgehead atoms. The van der Waals surface area contributed by atoms with Gasteiger partial charge in [-0.1, -0.05) is 0 Å². The van der Waals surface area contributed by atoms with Crippen LogP contribution in [0.15, 0.2) is 0 Å². The lowest BCUT2D eigenvalue weighted by molar-refractivity contribution is 0.148. The van der Waals surface area contributed by atoms with Crippen LogP contribution in [-0.2, 0) is 0 Å². The van der Waals surface area contributed by atoms with Gasteiger partial charge in [-0.25, -0.2) is 0 Å². The van der Waals surface area contributed by atoms with E-state index in [1.165, 1.54) is 19.3 Å². The van der Waals surface area contributed by atoms with Gasteiger partial charge in [0.1, 0.15) is 0 Å². The molecule has 4 rings (SSSR count). The molecule has 0 radical (unpaired) electrons. The summed E-state index contributed by atoms with van der Waals surface area (Å²) in [6.07, 6.45) is 4.00. The Hall–Kier alpha value is -0.160. The van der Waals surface area contributed by atoms with E-state index < -0.39 is 0 Å². The second kappa shape index (κ2) is 2.74. The maximum atomic E-state index is 3.90. The minimum Gasteiger partial charge on any atom is -0.313 e. The van der Waals surface area contributed by atoms with Crippen LogP contribution in [-0.4, -0.2) is 49.3 Å². The first-order valence-corrected chi connectivity index (χ1v) is 6.29. The summed E-state index contributed by atoms with van der Waals surface area (Å²) in [6, 6.07) is 1.44. The topological polar surface area (TPSA) is 48.1 Å². The number of nitrogens with one attached hydrogen (secondary N) is 4. The molecule has 4 aliphatic rings. The molecule has 4 nitrogen and oxygen atoms in total. The number of hydrogen-bond donors (Lipinski definition) is 4. The number of fused-ring (bicyclic) bond motifs is 5. The molecule has 0 aromatic carbocycles. The van der Waals surface area contributed by atoms with E-state index in [0.717, 1.165) is 38.3 Å². The van der Waals surface area contributed by atoms with E-state index in [4.69, 9.17) is 0 Å². The van der Waals surface area contributed by atoms with Crippen molar-refractivity contribution >= 4 is 0 Å². The molecule has 0 aromatic heterocycles.